The molecule has 0 aliphatic carbocycles. The zero-order valence-corrected chi connectivity index (χ0v) is 18.2. The molecule has 0 bridgehead atoms. The van der Waals surface area contributed by atoms with E-state index in [4.69, 9.17) is 4.74 Å². The van der Waals surface area contributed by atoms with Crippen molar-refractivity contribution in [1.29, 1.82) is 0 Å². The summed E-state index contributed by atoms with van der Waals surface area (Å²) in [5, 5.41) is 15.6. The molecule has 1 heterocycles. The van der Waals surface area contributed by atoms with Gasteiger partial charge in [0.05, 0.1) is 11.9 Å². The fraction of sp³-hybridized carbons (Fsp3) is 0.120. The van der Waals surface area contributed by atoms with Crippen molar-refractivity contribution >= 4 is 40.3 Å². The minimum atomic E-state index is -0.687. The lowest BCUT2D eigenvalue weighted by Gasteiger charge is -2.08. The van der Waals surface area contributed by atoms with Gasteiger partial charge in [0.2, 0.25) is 11.8 Å². The molecule has 0 atom stereocenters. The van der Waals surface area contributed by atoms with E-state index in [9.17, 15) is 14.4 Å². The van der Waals surface area contributed by atoms with E-state index in [1.165, 1.54) is 0 Å². The van der Waals surface area contributed by atoms with Crippen LogP contribution in [0.2, 0.25) is 0 Å². The van der Waals surface area contributed by atoms with Gasteiger partial charge in [0, 0.05) is 11.1 Å². The molecule has 4 N–H and O–H groups in total. The standard InChI is InChI=1S/C25H23N5O4/c31-22(13-17-7-3-1-4-8-17)28-24-20-14-19(11-12-21(20)29-30-24)27-23(32)15-26-25(33)34-16-18-9-5-2-6-10-18/h1-12,14H,13,15-16H2,(H,26,33)(H,27,32)(H2,28,29,30,31). The molecule has 0 radical (unpaired) electrons. The molecule has 4 rings (SSSR count). The molecule has 0 spiro atoms. The first-order chi connectivity index (χ1) is 16.6. The number of nitrogens with one attached hydrogen (secondary N) is 4. The number of benzene rings is 3. The van der Waals surface area contributed by atoms with Crippen LogP contribution >= 0.6 is 0 Å². The quantitative estimate of drug-likeness (QED) is 0.322. The zero-order valence-electron chi connectivity index (χ0n) is 18.2. The summed E-state index contributed by atoms with van der Waals surface area (Å²) >= 11 is 0. The number of ether oxygens (including phenoxy) is 1. The SMILES string of the molecule is O=C(CNC(=O)OCc1ccccc1)Nc1ccc2[nH]nc(NC(=O)Cc3ccccc3)c2c1. The molecule has 0 saturated heterocycles. The van der Waals surface area contributed by atoms with Crippen LogP contribution < -0.4 is 16.0 Å². The van der Waals surface area contributed by atoms with Crippen LogP contribution in [0.15, 0.2) is 78.9 Å². The summed E-state index contributed by atoms with van der Waals surface area (Å²) in [5.74, 6) is -0.254. The Bertz CT molecular complexity index is 1290. The first-order valence-electron chi connectivity index (χ1n) is 10.6. The van der Waals surface area contributed by atoms with Gasteiger partial charge in [-0.05, 0) is 29.3 Å². The summed E-state index contributed by atoms with van der Waals surface area (Å²) in [6.07, 6.45) is -0.467. The molecule has 0 fully saturated rings. The molecule has 1 aromatic heterocycles. The van der Waals surface area contributed by atoms with E-state index >= 15 is 0 Å². The predicted octanol–water partition coefficient (Wildman–Crippen LogP) is 3.61. The van der Waals surface area contributed by atoms with Crippen LogP contribution in [-0.4, -0.2) is 34.6 Å². The van der Waals surface area contributed by atoms with Crippen molar-refractivity contribution in [1.82, 2.24) is 15.5 Å². The van der Waals surface area contributed by atoms with Gasteiger partial charge in [-0.1, -0.05) is 60.7 Å². The second-order valence-corrected chi connectivity index (χ2v) is 7.51. The van der Waals surface area contributed by atoms with Crippen molar-refractivity contribution in [3.8, 4) is 0 Å². The van der Waals surface area contributed by atoms with E-state index in [1.807, 2.05) is 60.7 Å². The number of alkyl carbamates (subject to hydrolysis) is 1. The second kappa shape index (κ2) is 10.8. The smallest absolute Gasteiger partial charge is 0.407 e. The normalized spacial score (nSPS) is 10.5. The first kappa shape index (κ1) is 22.5. The molecule has 34 heavy (non-hydrogen) atoms. The van der Waals surface area contributed by atoms with Crippen LogP contribution in [0.4, 0.5) is 16.3 Å². The highest BCUT2D eigenvalue weighted by molar-refractivity contribution is 6.02. The van der Waals surface area contributed by atoms with Gasteiger partial charge >= 0.3 is 6.09 Å². The molecule has 3 amide bonds. The van der Waals surface area contributed by atoms with Crippen molar-refractivity contribution in [3.05, 3.63) is 90.0 Å². The predicted molar refractivity (Wildman–Crippen MR) is 128 cm³/mol. The molecule has 172 valence electrons. The van der Waals surface area contributed by atoms with Gasteiger partial charge in [-0.25, -0.2) is 4.79 Å². The maximum atomic E-state index is 12.4. The molecular formula is C25H23N5O4. The number of aromatic nitrogens is 2. The number of amides is 3. The number of nitrogens with zero attached hydrogens (tertiary/aromatic N) is 1. The molecular weight excluding hydrogens is 434 g/mol. The van der Waals surface area contributed by atoms with E-state index in [1.54, 1.807) is 18.2 Å². The van der Waals surface area contributed by atoms with Crippen LogP contribution in [0, 0.1) is 0 Å². The Hall–Kier alpha value is -4.66. The summed E-state index contributed by atoms with van der Waals surface area (Å²) in [7, 11) is 0. The van der Waals surface area contributed by atoms with Crippen molar-refractivity contribution in [2.24, 2.45) is 0 Å². The largest absolute Gasteiger partial charge is 0.445 e. The van der Waals surface area contributed by atoms with Crippen LogP contribution in [-0.2, 0) is 27.4 Å². The van der Waals surface area contributed by atoms with Crippen molar-refractivity contribution in [3.63, 3.8) is 0 Å². The molecule has 0 unspecified atom stereocenters. The highest BCUT2D eigenvalue weighted by atomic mass is 16.5. The fourth-order valence-corrected chi connectivity index (χ4v) is 3.28. The van der Waals surface area contributed by atoms with E-state index in [2.05, 4.69) is 26.1 Å². The van der Waals surface area contributed by atoms with E-state index < -0.39 is 12.0 Å². The Labute approximate surface area is 195 Å². The van der Waals surface area contributed by atoms with Gasteiger partial charge < -0.3 is 20.7 Å². The Morgan fingerprint density at radius 2 is 1.53 bits per heavy atom. The third-order valence-electron chi connectivity index (χ3n) is 4.92. The van der Waals surface area contributed by atoms with Gasteiger partial charge in [-0.15, -0.1) is 0 Å². The molecule has 0 saturated carbocycles. The third-order valence-corrected chi connectivity index (χ3v) is 4.92. The van der Waals surface area contributed by atoms with E-state index in [-0.39, 0.29) is 25.5 Å². The summed E-state index contributed by atoms with van der Waals surface area (Å²) < 4.78 is 5.09. The first-order valence-corrected chi connectivity index (χ1v) is 10.6. The van der Waals surface area contributed by atoms with Gasteiger partial charge in [-0.2, -0.15) is 5.10 Å². The number of hydrogen-bond acceptors (Lipinski definition) is 5. The summed E-state index contributed by atoms with van der Waals surface area (Å²) in [5.41, 5.74) is 2.94. The number of H-pyrrole nitrogens is 1. The highest BCUT2D eigenvalue weighted by Gasteiger charge is 2.12. The number of aromatic amines is 1. The van der Waals surface area contributed by atoms with Gasteiger partial charge in [0.25, 0.3) is 0 Å². The minimum Gasteiger partial charge on any atom is -0.445 e. The summed E-state index contributed by atoms with van der Waals surface area (Å²) in [6, 6.07) is 23.8. The molecule has 9 heteroatoms. The monoisotopic (exact) mass is 457 g/mol. The minimum absolute atomic E-state index is 0.115. The maximum Gasteiger partial charge on any atom is 0.407 e. The lowest BCUT2D eigenvalue weighted by Crippen LogP contribution is -2.33. The Morgan fingerprint density at radius 1 is 0.824 bits per heavy atom. The molecule has 0 aliphatic rings. The Kier molecular flexibility index (Phi) is 7.14. The molecule has 3 aromatic carbocycles. The van der Waals surface area contributed by atoms with Crippen LogP contribution in [0.3, 0.4) is 0 Å². The number of fused-ring (bicyclic) bond motifs is 1. The molecule has 0 aliphatic heterocycles. The van der Waals surface area contributed by atoms with Gasteiger partial charge in [0.1, 0.15) is 13.2 Å². The highest BCUT2D eigenvalue weighted by Crippen LogP contribution is 2.24. The summed E-state index contributed by atoms with van der Waals surface area (Å²) in [4.78, 5) is 36.5. The average molecular weight is 457 g/mol. The van der Waals surface area contributed by atoms with Crippen molar-refractivity contribution in [2.75, 3.05) is 17.2 Å². The molecule has 9 nitrogen and oxygen atoms in total. The van der Waals surface area contributed by atoms with Crippen LogP contribution in [0.25, 0.3) is 10.9 Å². The van der Waals surface area contributed by atoms with Gasteiger partial charge in [-0.3, -0.25) is 14.7 Å². The second-order valence-electron chi connectivity index (χ2n) is 7.51. The molecule has 4 aromatic rings. The topological polar surface area (TPSA) is 125 Å². The fourth-order valence-electron chi connectivity index (χ4n) is 3.28. The van der Waals surface area contributed by atoms with Crippen LogP contribution in [0.1, 0.15) is 11.1 Å². The van der Waals surface area contributed by atoms with Gasteiger partial charge in [0.15, 0.2) is 5.82 Å². The summed E-state index contributed by atoms with van der Waals surface area (Å²) in [6.45, 7) is -0.137. The lowest BCUT2D eigenvalue weighted by atomic mass is 10.1. The third kappa shape index (κ3) is 6.19. The number of rotatable bonds is 8. The van der Waals surface area contributed by atoms with Crippen molar-refractivity contribution in [2.45, 2.75) is 13.0 Å². The number of carbonyl (C=O) groups is 3. The zero-order chi connectivity index (χ0) is 23.8. The maximum absolute atomic E-state index is 12.4. The van der Waals surface area contributed by atoms with Crippen molar-refractivity contribution < 1.29 is 19.1 Å². The average Bonchev–Trinajstić information content (AvgIpc) is 3.24. The number of hydrogen-bond donors (Lipinski definition) is 4. The number of anilines is 2. The number of carbonyl (C=O) groups excluding carboxylic acids is 3. The lowest BCUT2D eigenvalue weighted by molar-refractivity contribution is -0.116. The van der Waals surface area contributed by atoms with E-state index in [0.29, 0.717) is 22.4 Å². The Morgan fingerprint density at radius 3 is 2.26 bits per heavy atom. The Balaban J connectivity index is 1.30. The van der Waals surface area contributed by atoms with Crippen LogP contribution in [0.5, 0.6) is 0 Å². The van der Waals surface area contributed by atoms with E-state index in [0.717, 1.165) is 11.1 Å².